The zero-order valence-corrected chi connectivity index (χ0v) is 24.1. The van der Waals surface area contributed by atoms with Crippen molar-refractivity contribution in [3.05, 3.63) is 124 Å². The van der Waals surface area contributed by atoms with Crippen LogP contribution in [-0.2, 0) is 10.8 Å². The van der Waals surface area contributed by atoms with Crippen molar-refractivity contribution in [1.82, 2.24) is 0 Å². The third-order valence-electron chi connectivity index (χ3n) is 8.65. The Morgan fingerprint density at radius 3 is 2.43 bits per heavy atom. The molecule has 4 rings (SSSR count). The summed E-state index contributed by atoms with van der Waals surface area (Å²) in [6.45, 7) is 21.6. The Bertz CT molecular complexity index is 1290. The van der Waals surface area contributed by atoms with Crippen LogP contribution < -0.4 is 4.90 Å². The van der Waals surface area contributed by atoms with Crippen molar-refractivity contribution in [2.75, 3.05) is 11.4 Å². The number of benzene rings is 2. The smallest absolute Gasteiger partial charge is 0.0450 e. The van der Waals surface area contributed by atoms with Crippen molar-refractivity contribution in [2.24, 2.45) is 0 Å². The highest BCUT2D eigenvalue weighted by Crippen LogP contribution is 2.47. The Balaban J connectivity index is 1.62. The Morgan fingerprint density at radius 2 is 1.70 bits per heavy atom. The molecule has 37 heavy (non-hydrogen) atoms. The Morgan fingerprint density at radius 1 is 1.00 bits per heavy atom. The second-order valence-electron chi connectivity index (χ2n) is 11.8. The molecule has 0 amide bonds. The molecular weight excluding hydrogens is 446 g/mol. The van der Waals surface area contributed by atoms with E-state index in [1.165, 1.54) is 51.2 Å². The number of rotatable bonds is 7. The molecule has 1 nitrogen and oxygen atoms in total. The SMILES string of the molecule is C=C(/C=C/C1=C(C)C(=C/C=C2/N(CCC)c3ccccc3C2(C)C)/CCC1)C(C)(C)c1ccccc1C. The average molecular weight is 492 g/mol. The summed E-state index contributed by atoms with van der Waals surface area (Å²) in [4.78, 5) is 2.53. The van der Waals surface area contributed by atoms with Gasteiger partial charge in [0.2, 0.25) is 0 Å². The minimum atomic E-state index is -0.0974. The second-order valence-corrected chi connectivity index (χ2v) is 11.8. The predicted octanol–water partition coefficient (Wildman–Crippen LogP) is 9.90. The lowest BCUT2D eigenvalue weighted by atomic mass is 9.76. The summed E-state index contributed by atoms with van der Waals surface area (Å²) in [5.74, 6) is 0. The number of nitrogens with zero attached hydrogens (tertiary/aromatic N) is 1. The maximum atomic E-state index is 4.48. The van der Waals surface area contributed by atoms with E-state index in [9.17, 15) is 0 Å². The summed E-state index contributed by atoms with van der Waals surface area (Å²) in [7, 11) is 0. The molecule has 2 aliphatic rings. The van der Waals surface area contributed by atoms with Gasteiger partial charge < -0.3 is 4.90 Å². The molecule has 0 unspecified atom stereocenters. The van der Waals surface area contributed by atoms with E-state index in [1.807, 2.05) is 0 Å². The summed E-state index contributed by atoms with van der Waals surface area (Å²) in [5, 5.41) is 0. The molecule has 0 bridgehead atoms. The van der Waals surface area contributed by atoms with Crippen LogP contribution in [0.2, 0.25) is 0 Å². The molecule has 2 aromatic carbocycles. The Labute approximate surface area is 226 Å². The van der Waals surface area contributed by atoms with Gasteiger partial charge in [-0.1, -0.05) is 102 Å². The van der Waals surface area contributed by atoms with E-state index in [0.717, 1.165) is 31.4 Å². The normalized spacial score (nSPS) is 19.8. The van der Waals surface area contributed by atoms with Gasteiger partial charge >= 0.3 is 0 Å². The zero-order chi connectivity index (χ0) is 26.8. The second kappa shape index (κ2) is 10.7. The molecule has 1 heteroatoms. The Kier molecular flexibility index (Phi) is 7.83. The highest BCUT2D eigenvalue weighted by molar-refractivity contribution is 5.70. The van der Waals surface area contributed by atoms with E-state index in [4.69, 9.17) is 0 Å². The topological polar surface area (TPSA) is 3.24 Å². The molecule has 0 N–H and O–H groups in total. The van der Waals surface area contributed by atoms with Crippen LogP contribution in [0.1, 0.15) is 83.9 Å². The van der Waals surface area contributed by atoms with Gasteiger partial charge in [-0.05, 0) is 90.7 Å². The van der Waals surface area contributed by atoms with Crippen molar-refractivity contribution in [1.29, 1.82) is 0 Å². The van der Waals surface area contributed by atoms with E-state index in [2.05, 4.69) is 133 Å². The van der Waals surface area contributed by atoms with Gasteiger partial charge in [0.25, 0.3) is 0 Å². The molecule has 2 aromatic rings. The van der Waals surface area contributed by atoms with Crippen molar-refractivity contribution >= 4 is 5.69 Å². The zero-order valence-electron chi connectivity index (χ0n) is 24.1. The van der Waals surface area contributed by atoms with E-state index < -0.39 is 0 Å². The molecule has 194 valence electrons. The standard InChI is InChI=1S/C36H45N/c1-9-25-37-33-20-13-12-19-32(33)36(7,8)34(37)24-23-30-17-14-16-29(28(30)4)22-21-27(3)35(5,6)31-18-11-10-15-26(31)2/h10-13,15,18-24H,3,9,14,16-17,25H2,1-2,4-8H3/b22-21+,30-23+,34-24+. The lowest BCUT2D eigenvalue weighted by Crippen LogP contribution is -2.26. The molecule has 1 heterocycles. The van der Waals surface area contributed by atoms with E-state index in [1.54, 1.807) is 0 Å². The Hall–Kier alpha value is -3.06. The van der Waals surface area contributed by atoms with Crippen molar-refractivity contribution in [2.45, 2.75) is 85.0 Å². The quantitative estimate of drug-likeness (QED) is 0.348. The molecule has 0 aromatic heterocycles. The third-order valence-corrected chi connectivity index (χ3v) is 8.65. The fraction of sp³-hybridized carbons (Fsp3) is 0.389. The number of para-hydroxylation sites is 1. The number of fused-ring (bicyclic) bond motifs is 1. The van der Waals surface area contributed by atoms with Crippen LogP contribution >= 0.6 is 0 Å². The van der Waals surface area contributed by atoms with Crippen molar-refractivity contribution in [3.63, 3.8) is 0 Å². The van der Waals surface area contributed by atoms with Gasteiger partial charge in [0.15, 0.2) is 0 Å². The van der Waals surface area contributed by atoms with Crippen LogP contribution in [0.15, 0.2) is 107 Å². The lowest BCUT2D eigenvalue weighted by Gasteiger charge is -2.28. The highest BCUT2D eigenvalue weighted by Gasteiger charge is 2.39. The van der Waals surface area contributed by atoms with Crippen LogP contribution in [0, 0.1) is 6.92 Å². The molecule has 1 aliphatic carbocycles. The van der Waals surface area contributed by atoms with Crippen LogP contribution in [0.4, 0.5) is 5.69 Å². The molecule has 0 atom stereocenters. The number of anilines is 1. The fourth-order valence-electron chi connectivity index (χ4n) is 6.11. The first kappa shape index (κ1) is 27.0. The largest absolute Gasteiger partial charge is 0.344 e. The molecule has 0 fully saturated rings. The number of hydrogen-bond acceptors (Lipinski definition) is 1. The summed E-state index contributed by atoms with van der Waals surface area (Å²) < 4.78 is 0. The minimum absolute atomic E-state index is 0.0107. The minimum Gasteiger partial charge on any atom is -0.344 e. The highest BCUT2D eigenvalue weighted by atomic mass is 15.2. The van der Waals surface area contributed by atoms with Gasteiger partial charge in [0.05, 0.1) is 0 Å². The maximum Gasteiger partial charge on any atom is 0.0450 e. The van der Waals surface area contributed by atoms with Gasteiger partial charge in [-0.15, -0.1) is 0 Å². The molecule has 0 saturated carbocycles. The van der Waals surface area contributed by atoms with Crippen LogP contribution in [-0.4, -0.2) is 6.54 Å². The predicted molar refractivity (Wildman–Crippen MR) is 162 cm³/mol. The van der Waals surface area contributed by atoms with Gasteiger partial charge in [-0.2, -0.15) is 0 Å². The summed E-state index contributed by atoms with van der Waals surface area (Å²) in [5.41, 5.74) is 12.3. The van der Waals surface area contributed by atoms with Crippen molar-refractivity contribution < 1.29 is 0 Å². The van der Waals surface area contributed by atoms with Gasteiger partial charge in [-0.25, -0.2) is 0 Å². The van der Waals surface area contributed by atoms with Crippen LogP contribution in [0.5, 0.6) is 0 Å². The molecular formula is C36H45N. The summed E-state index contributed by atoms with van der Waals surface area (Å²) in [6.07, 6.45) is 14.0. The number of aryl methyl sites for hydroxylation is 1. The summed E-state index contributed by atoms with van der Waals surface area (Å²) in [6, 6.07) is 17.6. The monoisotopic (exact) mass is 491 g/mol. The van der Waals surface area contributed by atoms with Crippen molar-refractivity contribution in [3.8, 4) is 0 Å². The van der Waals surface area contributed by atoms with Crippen LogP contribution in [0.3, 0.4) is 0 Å². The fourth-order valence-corrected chi connectivity index (χ4v) is 6.11. The molecule has 0 spiro atoms. The van der Waals surface area contributed by atoms with Gasteiger partial charge in [0, 0.05) is 28.8 Å². The first-order valence-corrected chi connectivity index (χ1v) is 14.0. The number of hydrogen-bond donors (Lipinski definition) is 0. The van der Waals surface area contributed by atoms with Crippen LogP contribution in [0.25, 0.3) is 0 Å². The molecule has 1 aliphatic heterocycles. The maximum absolute atomic E-state index is 4.48. The number of allylic oxidation sites excluding steroid dienone is 9. The average Bonchev–Trinajstić information content (AvgIpc) is 3.09. The first-order valence-electron chi connectivity index (χ1n) is 14.0. The summed E-state index contributed by atoms with van der Waals surface area (Å²) >= 11 is 0. The van der Waals surface area contributed by atoms with Gasteiger partial charge in [0.1, 0.15) is 0 Å². The van der Waals surface area contributed by atoms with E-state index >= 15 is 0 Å². The molecule has 0 saturated heterocycles. The van der Waals surface area contributed by atoms with Gasteiger partial charge in [-0.3, -0.25) is 0 Å². The van der Waals surface area contributed by atoms with E-state index in [-0.39, 0.29) is 10.8 Å². The lowest BCUT2D eigenvalue weighted by molar-refractivity contribution is 0.628. The third kappa shape index (κ3) is 5.19. The molecule has 0 radical (unpaired) electrons. The first-order chi connectivity index (χ1) is 17.6. The van der Waals surface area contributed by atoms with E-state index in [0.29, 0.717) is 0 Å².